The van der Waals surface area contributed by atoms with Gasteiger partial charge >= 0.3 is 0 Å². The molecule has 23 heavy (non-hydrogen) atoms. The van der Waals surface area contributed by atoms with Crippen molar-refractivity contribution in [2.75, 3.05) is 13.2 Å². The Kier molecular flexibility index (Phi) is 4.94. The summed E-state index contributed by atoms with van der Waals surface area (Å²) in [6.45, 7) is 14.6. The molecular weight excluding hydrogens is 302 g/mol. The number of nitriles is 1. The van der Waals surface area contributed by atoms with Crippen LogP contribution in [-0.4, -0.2) is 21.5 Å². The first-order valence-electron chi connectivity index (χ1n) is 8.40. The van der Waals surface area contributed by atoms with Gasteiger partial charge in [-0.1, -0.05) is 26.8 Å². The van der Waals surface area contributed by atoms with Crippen LogP contribution in [0.5, 0.6) is 5.75 Å². The maximum Gasteiger partial charge on any atom is 0.250 e. The van der Waals surface area contributed by atoms with Gasteiger partial charge in [0, 0.05) is 13.2 Å². The fourth-order valence-corrected chi connectivity index (χ4v) is 3.73. The molecule has 1 aliphatic rings. The van der Waals surface area contributed by atoms with E-state index >= 15 is 0 Å². The minimum atomic E-state index is -1.88. The zero-order valence-electron chi connectivity index (χ0n) is 15.3. The molecule has 0 radical (unpaired) electrons. The highest BCUT2D eigenvalue weighted by atomic mass is 28.4. The van der Waals surface area contributed by atoms with Gasteiger partial charge in [0.15, 0.2) is 0 Å². The average molecular weight is 332 g/mol. The van der Waals surface area contributed by atoms with Crippen molar-refractivity contribution in [3.8, 4) is 11.8 Å². The van der Waals surface area contributed by atoms with Crippen LogP contribution >= 0.6 is 0 Å². The van der Waals surface area contributed by atoms with Crippen molar-refractivity contribution in [1.29, 1.82) is 5.26 Å². The van der Waals surface area contributed by atoms with E-state index in [2.05, 4.69) is 65.1 Å². The summed E-state index contributed by atoms with van der Waals surface area (Å²) < 4.78 is 11.9. The lowest BCUT2D eigenvalue weighted by Gasteiger charge is -2.37. The van der Waals surface area contributed by atoms with Crippen molar-refractivity contribution in [2.45, 2.75) is 64.1 Å². The highest BCUT2D eigenvalue weighted by molar-refractivity contribution is 6.74. The van der Waals surface area contributed by atoms with Gasteiger partial charge in [0.25, 0.3) is 0 Å². The Labute approximate surface area is 141 Å². The molecule has 1 heterocycles. The first kappa shape index (κ1) is 18.0. The number of ether oxygens (including phenoxy) is 1. The zero-order valence-corrected chi connectivity index (χ0v) is 16.3. The van der Waals surface area contributed by atoms with Crippen LogP contribution in [0.1, 0.15) is 44.7 Å². The molecule has 0 atom stereocenters. The number of hydrogen-bond donors (Lipinski definition) is 0. The summed E-state index contributed by atoms with van der Waals surface area (Å²) >= 11 is 0. The van der Waals surface area contributed by atoms with E-state index in [1.165, 1.54) is 0 Å². The molecular formula is C19H29NO2Si. The molecule has 0 amide bonds. The quantitative estimate of drug-likeness (QED) is 0.736. The molecule has 1 fully saturated rings. The topological polar surface area (TPSA) is 42.2 Å². The van der Waals surface area contributed by atoms with Gasteiger partial charge in [0.1, 0.15) is 5.75 Å². The molecule has 0 aliphatic carbocycles. The van der Waals surface area contributed by atoms with E-state index in [0.29, 0.717) is 13.2 Å². The summed E-state index contributed by atoms with van der Waals surface area (Å²) in [5.41, 5.74) is 1.80. The molecule has 0 spiro atoms. The monoisotopic (exact) mass is 331 g/mol. The molecule has 1 aliphatic heterocycles. The van der Waals surface area contributed by atoms with Gasteiger partial charge in [-0.3, -0.25) is 0 Å². The number of rotatable bonds is 3. The normalized spacial score (nSPS) is 18.3. The van der Waals surface area contributed by atoms with E-state index in [1.54, 1.807) is 0 Å². The predicted molar refractivity (Wildman–Crippen MR) is 96.3 cm³/mol. The molecule has 0 unspecified atom stereocenters. The molecule has 1 aromatic carbocycles. The molecule has 3 nitrogen and oxygen atoms in total. The smallest absolute Gasteiger partial charge is 0.250 e. The zero-order chi connectivity index (χ0) is 17.3. The highest BCUT2D eigenvalue weighted by Crippen LogP contribution is 2.40. The Morgan fingerprint density at radius 3 is 2.30 bits per heavy atom. The Morgan fingerprint density at radius 1 is 1.17 bits per heavy atom. The van der Waals surface area contributed by atoms with Gasteiger partial charge < -0.3 is 9.16 Å². The van der Waals surface area contributed by atoms with Crippen LogP contribution in [0, 0.1) is 18.3 Å². The summed E-state index contributed by atoms with van der Waals surface area (Å²) in [5.74, 6) is 0.910. The van der Waals surface area contributed by atoms with Crippen LogP contribution < -0.4 is 4.43 Å². The third kappa shape index (κ3) is 3.79. The van der Waals surface area contributed by atoms with Crippen molar-refractivity contribution in [2.24, 2.45) is 0 Å². The second-order valence-corrected chi connectivity index (χ2v) is 12.9. The number of benzene rings is 1. The SMILES string of the molecule is Cc1cc(O[Si](C)(C)C(C)(C)C)cc(C2(C#N)CCOCC2)c1. The second kappa shape index (κ2) is 6.30. The molecule has 1 saturated heterocycles. The van der Waals surface area contributed by atoms with Crippen LogP contribution in [0.25, 0.3) is 0 Å². The molecule has 0 N–H and O–H groups in total. The lowest BCUT2D eigenvalue weighted by molar-refractivity contribution is 0.0675. The molecule has 2 rings (SSSR count). The second-order valence-electron chi connectivity index (χ2n) is 8.20. The highest BCUT2D eigenvalue weighted by Gasteiger charge is 2.40. The van der Waals surface area contributed by atoms with E-state index in [4.69, 9.17) is 9.16 Å². The van der Waals surface area contributed by atoms with Gasteiger partial charge in [0.05, 0.1) is 11.5 Å². The fraction of sp³-hybridized carbons (Fsp3) is 0.632. The van der Waals surface area contributed by atoms with E-state index in [9.17, 15) is 5.26 Å². The van der Waals surface area contributed by atoms with E-state index in [0.717, 1.165) is 29.7 Å². The minimum Gasteiger partial charge on any atom is -0.543 e. The first-order chi connectivity index (χ1) is 10.6. The van der Waals surface area contributed by atoms with Gasteiger partial charge in [-0.25, -0.2) is 0 Å². The Morgan fingerprint density at radius 2 is 1.78 bits per heavy atom. The first-order valence-corrected chi connectivity index (χ1v) is 11.3. The summed E-state index contributed by atoms with van der Waals surface area (Å²) in [7, 11) is -1.88. The van der Waals surface area contributed by atoms with Crippen LogP contribution in [0.15, 0.2) is 18.2 Å². The van der Waals surface area contributed by atoms with Crippen molar-refractivity contribution >= 4 is 8.32 Å². The molecule has 0 bridgehead atoms. The van der Waals surface area contributed by atoms with Crippen LogP contribution in [0.3, 0.4) is 0 Å². The van der Waals surface area contributed by atoms with E-state index in [-0.39, 0.29) is 5.04 Å². The number of nitrogens with zero attached hydrogens (tertiary/aromatic N) is 1. The molecule has 0 aromatic heterocycles. The fourth-order valence-electron chi connectivity index (χ4n) is 2.72. The summed E-state index contributed by atoms with van der Waals surface area (Å²) in [6.07, 6.45) is 1.51. The summed E-state index contributed by atoms with van der Waals surface area (Å²) in [4.78, 5) is 0. The summed E-state index contributed by atoms with van der Waals surface area (Å²) in [5, 5.41) is 9.96. The van der Waals surface area contributed by atoms with Gasteiger partial charge in [-0.2, -0.15) is 5.26 Å². The summed E-state index contributed by atoms with van der Waals surface area (Å²) in [6, 6.07) is 8.87. The third-order valence-electron chi connectivity index (χ3n) is 5.34. The van der Waals surface area contributed by atoms with Crippen LogP contribution in [-0.2, 0) is 10.2 Å². The predicted octanol–water partition coefficient (Wildman–Crippen LogP) is 4.95. The van der Waals surface area contributed by atoms with Crippen LogP contribution in [0.2, 0.25) is 18.1 Å². The van der Waals surface area contributed by atoms with E-state index in [1.807, 2.05) is 0 Å². The van der Waals surface area contributed by atoms with Crippen molar-refractivity contribution in [1.82, 2.24) is 0 Å². The Balaban J connectivity index is 2.38. The maximum atomic E-state index is 9.80. The van der Waals surface area contributed by atoms with Crippen molar-refractivity contribution in [3.05, 3.63) is 29.3 Å². The Hall–Kier alpha value is -1.31. The van der Waals surface area contributed by atoms with Crippen LogP contribution in [0.4, 0.5) is 0 Å². The largest absolute Gasteiger partial charge is 0.543 e. The van der Waals surface area contributed by atoms with Crippen molar-refractivity contribution in [3.63, 3.8) is 0 Å². The molecule has 126 valence electrons. The number of aryl methyl sites for hydroxylation is 1. The van der Waals surface area contributed by atoms with Gasteiger partial charge in [-0.05, 0) is 61.2 Å². The third-order valence-corrected chi connectivity index (χ3v) is 9.70. The lowest BCUT2D eigenvalue weighted by atomic mass is 9.75. The lowest BCUT2D eigenvalue weighted by Crippen LogP contribution is -2.44. The molecule has 0 saturated carbocycles. The molecule has 1 aromatic rings. The average Bonchev–Trinajstić information content (AvgIpc) is 2.45. The molecule has 4 heteroatoms. The van der Waals surface area contributed by atoms with Crippen molar-refractivity contribution < 1.29 is 9.16 Å². The van der Waals surface area contributed by atoms with E-state index < -0.39 is 13.7 Å². The van der Waals surface area contributed by atoms with Gasteiger partial charge in [-0.15, -0.1) is 0 Å². The maximum absolute atomic E-state index is 9.80. The standard InChI is InChI=1S/C19H29NO2Si/c1-15-11-16(19(14-20)7-9-21-10-8-19)13-17(12-15)22-23(5,6)18(2,3)4/h11-13H,7-10H2,1-6H3. The Bertz CT molecular complexity index is 605. The number of hydrogen-bond acceptors (Lipinski definition) is 3. The van der Waals surface area contributed by atoms with Gasteiger partial charge in [0.2, 0.25) is 8.32 Å². The minimum absolute atomic E-state index is 0.155.